The van der Waals surface area contributed by atoms with Gasteiger partial charge >= 0.3 is 0 Å². The molecule has 2 aliphatic rings. The van der Waals surface area contributed by atoms with E-state index in [-0.39, 0.29) is 19.0 Å². The monoisotopic (exact) mass is 477 g/mol. The van der Waals surface area contributed by atoms with Gasteiger partial charge in [-0.2, -0.15) is 4.31 Å². The van der Waals surface area contributed by atoms with Crippen molar-refractivity contribution in [2.45, 2.75) is 30.6 Å². The number of aromatic nitrogens is 1. The molecule has 2 heterocycles. The van der Waals surface area contributed by atoms with Gasteiger partial charge in [-0.05, 0) is 85.3 Å². The molecule has 7 nitrogen and oxygen atoms in total. The molecular weight excluding hydrogens is 450 g/mol. The fourth-order valence-electron chi connectivity index (χ4n) is 4.54. The van der Waals surface area contributed by atoms with Crippen molar-refractivity contribution in [3.8, 4) is 11.5 Å². The molecule has 0 unspecified atom stereocenters. The van der Waals surface area contributed by atoms with Gasteiger partial charge in [0.25, 0.3) is 5.91 Å². The molecule has 0 atom stereocenters. The molecule has 1 fully saturated rings. The second kappa shape index (κ2) is 9.56. The number of rotatable bonds is 5. The van der Waals surface area contributed by atoms with Gasteiger partial charge in [-0.3, -0.25) is 9.78 Å². The maximum Gasteiger partial charge on any atom is 0.253 e. The number of pyridine rings is 1. The summed E-state index contributed by atoms with van der Waals surface area (Å²) >= 11 is 0. The summed E-state index contributed by atoms with van der Waals surface area (Å²) in [6.45, 7) is 1.29. The van der Waals surface area contributed by atoms with E-state index >= 15 is 0 Å². The molecule has 8 heteroatoms. The summed E-state index contributed by atoms with van der Waals surface area (Å²) in [6, 6.07) is 16.1. The molecule has 2 aromatic carbocycles. The van der Waals surface area contributed by atoms with E-state index in [0.717, 1.165) is 31.2 Å². The summed E-state index contributed by atoms with van der Waals surface area (Å²) in [5.74, 6) is 1.13. The number of hydrogen-bond donors (Lipinski definition) is 0. The molecule has 1 aliphatic heterocycles. The largest absolute Gasteiger partial charge is 0.456 e. The second-order valence-corrected chi connectivity index (χ2v) is 10.6. The number of piperazine rings is 1. The predicted octanol–water partition coefficient (Wildman–Crippen LogP) is 3.90. The maximum absolute atomic E-state index is 13.2. The first kappa shape index (κ1) is 22.6. The number of hydrogen-bond acceptors (Lipinski definition) is 5. The third-order valence-corrected chi connectivity index (χ3v) is 8.35. The Bertz CT molecular complexity index is 1270. The summed E-state index contributed by atoms with van der Waals surface area (Å²) in [6.07, 6.45) is 7.52. The van der Waals surface area contributed by atoms with Crippen molar-refractivity contribution in [3.05, 3.63) is 83.7 Å². The van der Waals surface area contributed by atoms with Gasteiger partial charge in [0, 0.05) is 37.9 Å². The Morgan fingerprint density at radius 1 is 0.853 bits per heavy atom. The molecule has 1 aromatic heterocycles. The zero-order chi connectivity index (χ0) is 23.5. The number of amides is 1. The van der Waals surface area contributed by atoms with Crippen LogP contribution in [0.5, 0.6) is 11.5 Å². The average Bonchev–Trinajstić information content (AvgIpc) is 2.89. The molecule has 1 amide bonds. The SMILES string of the molecule is O=C(c1ccc(Oc2cccnc2)cc1)N1CCN(S(=O)(=O)c2ccc3c(c2)CCCC3)CC1. The summed E-state index contributed by atoms with van der Waals surface area (Å²) in [7, 11) is -3.57. The van der Waals surface area contributed by atoms with Gasteiger partial charge in [-0.1, -0.05) is 6.07 Å². The van der Waals surface area contributed by atoms with Crippen molar-refractivity contribution in [1.29, 1.82) is 0 Å². The summed E-state index contributed by atoms with van der Waals surface area (Å²) in [5.41, 5.74) is 2.96. The highest BCUT2D eigenvalue weighted by atomic mass is 32.2. The number of ether oxygens (including phenoxy) is 1. The first-order chi connectivity index (χ1) is 16.5. The van der Waals surface area contributed by atoms with Gasteiger partial charge in [0.2, 0.25) is 10.0 Å². The van der Waals surface area contributed by atoms with Gasteiger partial charge in [0.1, 0.15) is 11.5 Å². The third-order valence-electron chi connectivity index (χ3n) is 6.45. The number of nitrogens with zero attached hydrogens (tertiary/aromatic N) is 3. The van der Waals surface area contributed by atoms with Crippen molar-refractivity contribution in [1.82, 2.24) is 14.2 Å². The number of carbonyl (C=O) groups excluding carboxylic acids is 1. The molecule has 0 N–H and O–H groups in total. The van der Waals surface area contributed by atoms with Gasteiger partial charge in [-0.25, -0.2) is 8.42 Å². The number of aryl methyl sites for hydroxylation is 2. The molecule has 1 saturated heterocycles. The van der Waals surface area contributed by atoms with Crippen LogP contribution in [0.3, 0.4) is 0 Å². The first-order valence-corrected chi connectivity index (χ1v) is 13.0. The van der Waals surface area contributed by atoms with Gasteiger partial charge in [0.05, 0.1) is 11.1 Å². The molecule has 1 aliphatic carbocycles. The van der Waals surface area contributed by atoms with Gasteiger partial charge in [0.15, 0.2) is 0 Å². The van der Waals surface area contributed by atoms with Crippen molar-refractivity contribution < 1.29 is 17.9 Å². The Hall–Kier alpha value is -3.23. The first-order valence-electron chi connectivity index (χ1n) is 11.6. The topological polar surface area (TPSA) is 79.8 Å². The molecule has 34 heavy (non-hydrogen) atoms. The lowest BCUT2D eigenvalue weighted by molar-refractivity contribution is 0.0698. The van der Waals surface area contributed by atoms with Gasteiger partial charge in [-0.15, -0.1) is 0 Å². The molecule has 0 spiro atoms. The minimum Gasteiger partial charge on any atom is -0.456 e. The quantitative estimate of drug-likeness (QED) is 0.557. The summed E-state index contributed by atoms with van der Waals surface area (Å²) in [5, 5.41) is 0. The minimum atomic E-state index is -3.57. The van der Waals surface area contributed by atoms with E-state index < -0.39 is 10.0 Å². The van der Waals surface area contributed by atoms with E-state index in [4.69, 9.17) is 4.74 Å². The molecule has 0 bridgehead atoms. The van der Waals surface area contributed by atoms with E-state index in [0.29, 0.717) is 35.0 Å². The lowest BCUT2D eigenvalue weighted by Gasteiger charge is -2.34. The van der Waals surface area contributed by atoms with Crippen molar-refractivity contribution in [3.63, 3.8) is 0 Å². The van der Waals surface area contributed by atoms with E-state index in [1.165, 1.54) is 9.87 Å². The Morgan fingerprint density at radius 2 is 1.59 bits per heavy atom. The predicted molar refractivity (Wildman–Crippen MR) is 128 cm³/mol. The smallest absolute Gasteiger partial charge is 0.253 e. The third kappa shape index (κ3) is 4.69. The fraction of sp³-hybridized carbons (Fsp3) is 0.308. The van der Waals surface area contributed by atoms with Crippen LogP contribution in [-0.4, -0.2) is 54.7 Å². The van der Waals surface area contributed by atoms with Crippen LogP contribution in [-0.2, 0) is 22.9 Å². The van der Waals surface area contributed by atoms with E-state index in [1.54, 1.807) is 53.7 Å². The lowest BCUT2D eigenvalue weighted by Crippen LogP contribution is -2.50. The average molecular weight is 478 g/mol. The number of fused-ring (bicyclic) bond motifs is 1. The Labute approximate surface area is 200 Å². The van der Waals surface area contributed by atoms with Crippen molar-refractivity contribution >= 4 is 15.9 Å². The molecule has 176 valence electrons. The number of sulfonamides is 1. The van der Waals surface area contributed by atoms with Crippen molar-refractivity contribution in [2.75, 3.05) is 26.2 Å². The number of carbonyl (C=O) groups is 1. The van der Waals surface area contributed by atoms with Crippen LogP contribution in [0.4, 0.5) is 0 Å². The molecule has 0 radical (unpaired) electrons. The highest BCUT2D eigenvalue weighted by molar-refractivity contribution is 7.89. The second-order valence-electron chi connectivity index (χ2n) is 8.65. The van der Waals surface area contributed by atoms with Crippen LogP contribution in [0.2, 0.25) is 0 Å². The Kier molecular flexibility index (Phi) is 6.34. The highest BCUT2D eigenvalue weighted by Crippen LogP contribution is 2.27. The molecule has 0 saturated carbocycles. The van der Waals surface area contributed by atoms with E-state index in [9.17, 15) is 13.2 Å². The van der Waals surface area contributed by atoms with E-state index in [2.05, 4.69) is 4.98 Å². The number of benzene rings is 2. The normalized spacial score (nSPS) is 16.6. The minimum absolute atomic E-state index is 0.112. The van der Waals surface area contributed by atoms with Crippen LogP contribution < -0.4 is 4.74 Å². The fourth-order valence-corrected chi connectivity index (χ4v) is 6.02. The lowest BCUT2D eigenvalue weighted by atomic mass is 9.92. The summed E-state index contributed by atoms with van der Waals surface area (Å²) in [4.78, 5) is 19.0. The van der Waals surface area contributed by atoms with Crippen LogP contribution in [0.15, 0.2) is 71.9 Å². The Morgan fingerprint density at radius 3 is 2.29 bits per heavy atom. The summed E-state index contributed by atoms with van der Waals surface area (Å²) < 4.78 is 33.6. The standard InChI is InChI=1S/C26H27N3O4S/c30-26(21-7-10-23(11-8-21)33-24-6-3-13-27-19-24)28-14-16-29(17-15-28)34(31,32)25-12-9-20-4-1-2-5-22(20)18-25/h3,6-13,18-19H,1-2,4-5,14-17H2. The Balaban J connectivity index is 1.21. The van der Waals surface area contributed by atoms with E-state index in [1.807, 2.05) is 18.2 Å². The van der Waals surface area contributed by atoms with Gasteiger partial charge < -0.3 is 9.64 Å². The van der Waals surface area contributed by atoms with Crippen LogP contribution in [0.1, 0.15) is 34.3 Å². The maximum atomic E-state index is 13.2. The van der Waals surface area contributed by atoms with Crippen LogP contribution in [0.25, 0.3) is 0 Å². The zero-order valence-electron chi connectivity index (χ0n) is 18.9. The van der Waals surface area contributed by atoms with Crippen LogP contribution >= 0.6 is 0 Å². The van der Waals surface area contributed by atoms with Crippen LogP contribution in [0, 0.1) is 0 Å². The molecule has 3 aromatic rings. The molecular formula is C26H27N3O4S. The van der Waals surface area contributed by atoms with Crippen molar-refractivity contribution in [2.24, 2.45) is 0 Å². The zero-order valence-corrected chi connectivity index (χ0v) is 19.7. The highest BCUT2D eigenvalue weighted by Gasteiger charge is 2.31. The molecule has 5 rings (SSSR count).